The summed E-state index contributed by atoms with van der Waals surface area (Å²) in [6.07, 6.45) is -6.33. The molecule has 0 saturated heterocycles. The number of rotatable bonds is 3. The van der Waals surface area contributed by atoms with Crippen molar-refractivity contribution in [3.63, 3.8) is 0 Å². The van der Waals surface area contributed by atoms with E-state index in [2.05, 4.69) is 4.74 Å². The lowest BCUT2D eigenvalue weighted by molar-refractivity contribution is -0.189. The van der Waals surface area contributed by atoms with Crippen molar-refractivity contribution in [2.75, 3.05) is 0 Å². The van der Waals surface area contributed by atoms with Crippen molar-refractivity contribution < 1.29 is 22.7 Å². The normalized spacial score (nSPS) is 13.0. The molecular weight excluding hydrogens is 259 g/mol. The highest BCUT2D eigenvalue weighted by Crippen LogP contribution is 2.24. The number of hydrogen-bond acceptors (Lipinski definition) is 2. The van der Waals surface area contributed by atoms with Gasteiger partial charge in [-0.2, -0.15) is 13.2 Å². The minimum Gasteiger partial charge on any atom is -0.481 e. The standard InChI is InChI=1S/C10H9ClF3NO2/c1-6(10(12,13)14)17-8-4-2-7(3-5-8)9(16)15-11/h2-6H,1H3,(H,15,16). The fourth-order valence-corrected chi connectivity index (χ4v) is 1.12. The quantitative estimate of drug-likeness (QED) is 0.855. The molecule has 0 fully saturated rings. The van der Waals surface area contributed by atoms with Gasteiger partial charge in [0.15, 0.2) is 6.10 Å². The van der Waals surface area contributed by atoms with Gasteiger partial charge in [0.05, 0.1) is 0 Å². The number of carbonyl (C=O) groups is 1. The van der Waals surface area contributed by atoms with Crippen LogP contribution in [0.2, 0.25) is 0 Å². The van der Waals surface area contributed by atoms with Crippen LogP contribution in [-0.4, -0.2) is 18.2 Å². The Hall–Kier alpha value is -1.43. The van der Waals surface area contributed by atoms with Crippen LogP contribution in [-0.2, 0) is 0 Å². The van der Waals surface area contributed by atoms with Gasteiger partial charge in [0.1, 0.15) is 5.75 Å². The van der Waals surface area contributed by atoms with Crippen LogP contribution in [0.3, 0.4) is 0 Å². The monoisotopic (exact) mass is 267 g/mol. The number of alkyl halides is 3. The van der Waals surface area contributed by atoms with E-state index in [9.17, 15) is 18.0 Å². The molecule has 94 valence electrons. The van der Waals surface area contributed by atoms with Gasteiger partial charge >= 0.3 is 6.18 Å². The zero-order valence-corrected chi connectivity index (χ0v) is 9.47. The summed E-state index contributed by atoms with van der Waals surface area (Å²) in [5.41, 5.74) is 0.229. The second-order valence-electron chi connectivity index (χ2n) is 3.25. The smallest absolute Gasteiger partial charge is 0.425 e. The third-order valence-corrected chi connectivity index (χ3v) is 2.15. The molecule has 7 heteroatoms. The number of benzene rings is 1. The molecule has 0 heterocycles. The molecule has 0 spiro atoms. The molecule has 0 radical (unpaired) electrons. The first-order chi connectivity index (χ1) is 7.84. The average molecular weight is 268 g/mol. The average Bonchev–Trinajstić information content (AvgIpc) is 2.27. The van der Waals surface area contributed by atoms with Crippen LogP contribution >= 0.6 is 11.8 Å². The Morgan fingerprint density at radius 1 is 1.35 bits per heavy atom. The third-order valence-electron chi connectivity index (χ3n) is 1.98. The Morgan fingerprint density at radius 3 is 2.29 bits per heavy atom. The number of hydrogen-bond donors (Lipinski definition) is 1. The molecule has 0 saturated carbocycles. The van der Waals surface area contributed by atoms with Crippen molar-refractivity contribution >= 4 is 17.7 Å². The summed E-state index contributed by atoms with van der Waals surface area (Å²) in [5.74, 6) is -0.511. The number of amides is 1. The van der Waals surface area contributed by atoms with Gasteiger partial charge < -0.3 is 4.74 Å². The third kappa shape index (κ3) is 3.81. The predicted molar refractivity (Wildman–Crippen MR) is 55.9 cm³/mol. The SMILES string of the molecule is CC(Oc1ccc(C(=O)NCl)cc1)C(F)(F)F. The fraction of sp³-hybridized carbons (Fsp3) is 0.300. The van der Waals surface area contributed by atoms with Gasteiger partial charge in [-0.3, -0.25) is 9.63 Å². The van der Waals surface area contributed by atoms with Gasteiger partial charge in [0.25, 0.3) is 5.91 Å². The molecular formula is C10H9ClF3NO2. The molecule has 1 aromatic rings. The minimum absolute atomic E-state index is 0.0287. The van der Waals surface area contributed by atoms with Crippen LogP contribution in [0.1, 0.15) is 17.3 Å². The number of halogens is 4. The number of nitrogens with one attached hydrogen (secondary N) is 1. The molecule has 1 aromatic carbocycles. The lowest BCUT2D eigenvalue weighted by Gasteiger charge is -2.17. The van der Waals surface area contributed by atoms with Crippen LogP contribution in [0.15, 0.2) is 24.3 Å². The van der Waals surface area contributed by atoms with E-state index < -0.39 is 18.2 Å². The first-order valence-corrected chi connectivity index (χ1v) is 4.97. The molecule has 0 aliphatic carbocycles. The minimum atomic E-state index is -4.42. The maximum atomic E-state index is 12.2. The van der Waals surface area contributed by atoms with E-state index in [0.717, 1.165) is 6.92 Å². The topological polar surface area (TPSA) is 38.3 Å². The molecule has 1 N–H and O–H groups in total. The molecule has 0 bridgehead atoms. The number of carbonyl (C=O) groups excluding carboxylic acids is 1. The lowest BCUT2D eigenvalue weighted by Crippen LogP contribution is -2.31. The Kier molecular flexibility index (Phi) is 4.22. The van der Waals surface area contributed by atoms with E-state index in [-0.39, 0.29) is 11.3 Å². The first-order valence-electron chi connectivity index (χ1n) is 4.59. The molecule has 0 aromatic heterocycles. The van der Waals surface area contributed by atoms with Crippen LogP contribution in [0.5, 0.6) is 5.75 Å². The molecule has 1 atom stereocenters. The first kappa shape index (κ1) is 13.6. The predicted octanol–water partition coefficient (Wildman–Crippen LogP) is 2.90. The van der Waals surface area contributed by atoms with Crippen LogP contribution < -0.4 is 9.57 Å². The molecule has 0 aliphatic rings. The van der Waals surface area contributed by atoms with E-state index in [0.29, 0.717) is 0 Å². The van der Waals surface area contributed by atoms with Crippen molar-refractivity contribution in [2.24, 2.45) is 0 Å². The fourth-order valence-electron chi connectivity index (χ4n) is 1.01. The molecule has 0 aliphatic heterocycles. The van der Waals surface area contributed by atoms with Crippen molar-refractivity contribution in [3.05, 3.63) is 29.8 Å². The van der Waals surface area contributed by atoms with Crippen LogP contribution in [0.4, 0.5) is 13.2 Å². The summed E-state index contributed by atoms with van der Waals surface area (Å²) < 4.78 is 41.2. The molecule has 17 heavy (non-hydrogen) atoms. The number of ether oxygens (including phenoxy) is 1. The molecule has 1 unspecified atom stereocenters. The summed E-state index contributed by atoms with van der Waals surface area (Å²) in [6.45, 7) is 0.902. The Balaban J connectivity index is 2.72. The molecule has 1 amide bonds. The highest BCUT2D eigenvalue weighted by atomic mass is 35.5. The second kappa shape index (κ2) is 5.27. The van der Waals surface area contributed by atoms with Gasteiger partial charge in [-0.1, -0.05) is 0 Å². The van der Waals surface area contributed by atoms with E-state index in [4.69, 9.17) is 11.8 Å². The van der Waals surface area contributed by atoms with Crippen molar-refractivity contribution in [2.45, 2.75) is 19.2 Å². The Labute approximate surface area is 101 Å². The van der Waals surface area contributed by atoms with Crippen LogP contribution in [0.25, 0.3) is 0 Å². The van der Waals surface area contributed by atoms with Crippen molar-refractivity contribution in [1.82, 2.24) is 4.84 Å². The summed E-state index contributed by atoms with van der Waals surface area (Å²) in [6, 6.07) is 5.17. The summed E-state index contributed by atoms with van der Waals surface area (Å²) in [5, 5.41) is 0. The second-order valence-corrected chi connectivity index (χ2v) is 3.44. The van der Waals surface area contributed by atoms with Crippen molar-refractivity contribution in [1.29, 1.82) is 0 Å². The zero-order chi connectivity index (χ0) is 13.1. The van der Waals surface area contributed by atoms with E-state index >= 15 is 0 Å². The highest BCUT2D eigenvalue weighted by molar-refractivity contribution is 6.24. The molecule has 3 nitrogen and oxygen atoms in total. The highest BCUT2D eigenvalue weighted by Gasteiger charge is 2.37. The Morgan fingerprint density at radius 2 is 1.88 bits per heavy atom. The van der Waals surface area contributed by atoms with Crippen LogP contribution in [0, 0.1) is 0 Å². The largest absolute Gasteiger partial charge is 0.481 e. The van der Waals surface area contributed by atoms with Gasteiger partial charge in [-0.15, -0.1) is 0 Å². The van der Waals surface area contributed by atoms with Gasteiger partial charge in [0.2, 0.25) is 0 Å². The van der Waals surface area contributed by atoms with Crippen molar-refractivity contribution in [3.8, 4) is 5.75 Å². The van der Waals surface area contributed by atoms with E-state index in [1.165, 1.54) is 24.3 Å². The maximum absolute atomic E-state index is 12.2. The van der Waals surface area contributed by atoms with E-state index in [1.807, 2.05) is 4.84 Å². The Bertz CT molecular complexity index is 392. The van der Waals surface area contributed by atoms with Gasteiger partial charge in [-0.05, 0) is 31.2 Å². The summed E-state index contributed by atoms with van der Waals surface area (Å²) >= 11 is 5.09. The van der Waals surface area contributed by atoms with E-state index in [1.54, 1.807) is 0 Å². The lowest BCUT2D eigenvalue weighted by atomic mass is 10.2. The zero-order valence-electron chi connectivity index (χ0n) is 8.72. The maximum Gasteiger partial charge on any atom is 0.425 e. The van der Waals surface area contributed by atoms with Gasteiger partial charge in [-0.25, -0.2) is 0 Å². The molecule has 1 rings (SSSR count). The van der Waals surface area contributed by atoms with Gasteiger partial charge in [0, 0.05) is 17.3 Å². The summed E-state index contributed by atoms with van der Waals surface area (Å²) in [7, 11) is 0. The summed E-state index contributed by atoms with van der Waals surface area (Å²) in [4.78, 5) is 12.9.